The zero-order valence-corrected chi connectivity index (χ0v) is 7.99. The van der Waals surface area contributed by atoms with Gasteiger partial charge in [0, 0.05) is 6.20 Å². The largest absolute Gasteiger partial charge is 0.490 e. The number of rotatable bonds is 5. The van der Waals surface area contributed by atoms with Gasteiger partial charge in [0.2, 0.25) is 5.91 Å². The first-order valence-electron chi connectivity index (χ1n) is 4.34. The smallest absolute Gasteiger partial charge is 0.236 e. The number of amides is 1. The average Bonchev–Trinajstić information content (AvgIpc) is 2.17. The zero-order valence-electron chi connectivity index (χ0n) is 7.99. The minimum Gasteiger partial charge on any atom is -0.490 e. The van der Waals surface area contributed by atoms with E-state index in [4.69, 9.17) is 10.5 Å². The summed E-state index contributed by atoms with van der Waals surface area (Å²) >= 11 is 0. The van der Waals surface area contributed by atoms with Crippen LogP contribution in [0.1, 0.15) is 6.92 Å². The standard InChI is InChI=1S/C9H13N3O2/c1-2-14-7-4-3-5-11-9(7)12-6-8(10)13/h3-5H,2,6H2,1H3,(H2,10,13)(H,11,12). The molecule has 0 unspecified atom stereocenters. The van der Waals surface area contributed by atoms with E-state index in [1.807, 2.05) is 6.92 Å². The number of ether oxygens (including phenoxy) is 1. The summed E-state index contributed by atoms with van der Waals surface area (Å²) in [7, 11) is 0. The van der Waals surface area contributed by atoms with Crippen molar-refractivity contribution >= 4 is 11.7 Å². The quantitative estimate of drug-likeness (QED) is 0.712. The third-order valence-corrected chi connectivity index (χ3v) is 1.50. The monoisotopic (exact) mass is 195 g/mol. The van der Waals surface area contributed by atoms with Crippen LogP contribution < -0.4 is 15.8 Å². The van der Waals surface area contributed by atoms with Crippen molar-refractivity contribution in [1.82, 2.24) is 4.98 Å². The highest BCUT2D eigenvalue weighted by Crippen LogP contribution is 2.19. The molecule has 1 rings (SSSR count). The van der Waals surface area contributed by atoms with E-state index < -0.39 is 5.91 Å². The van der Waals surface area contributed by atoms with Crippen molar-refractivity contribution in [3.63, 3.8) is 0 Å². The molecule has 0 radical (unpaired) electrons. The lowest BCUT2D eigenvalue weighted by molar-refractivity contribution is -0.116. The third-order valence-electron chi connectivity index (χ3n) is 1.50. The molecule has 0 saturated carbocycles. The van der Waals surface area contributed by atoms with Gasteiger partial charge in [-0.25, -0.2) is 4.98 Å². The topological polar surface area (TPSA) is 77.2 Å². The van der Waals surface area contributed by atoms with Gasteiger partial charge in [0.25, 0.3) is 0 Å². The minimum absolute atomic E-state index is 0.0527. The van der Waals surface area contributed by atoms with Crippen LogP contribution in [0, 0.1) is 0 Å². The van der Waals surface area contributed by atoms with E-state index in [0.717, 1.165) is 0 Å². The fourth-order valence-corrected chi connectivity index (χ4v) is 0.966. The zero-order chi connectivity index (χ0) is 10.4. The molecule has 0 fully saturated rings. The molecule has 14 heavy (non-hydrogen) atoms. The lowest BCUT2D eigenvalue weighted by atomic mass is 10.4. The molecule has 3 N–H and O–H groups in total. The van der Waals surface area contributed by atoms with Crippen LogP contribution in [0.4, 0.5) is 5.82 Å². The van der Waals surface area contributed by atoms with Crippen molar-refractivity contribution in [2.45, 2.75) is 6.92 Å². The molecule has 5 heteroatoms. The molecule has 0 aliphatic carbocycles. The Kier molecular flexibility index (Phi) is 3.72. The van der Waals surface area contributed by atoms with Crippen molar-refractivity contribution in [2.24, 2.45) is 5.73 Å². The highest BCUT2D eigenvalue weighted by Gasteiger charge is 2.03. The number of nitrogens with two attached hydrogens (primary N) is 1. The first kappa shape index (κ1) is 10.3. The molecule has 1 amide bonds. The second-order valence-corrected chi connectivity index (χ2v) is 2.60. The molecule has 76 valence electrons. The maximum Gasteiger partial charge on any atom is 0.236 e. The Labute approximate surface area is 82.3 Å². The van der Waals surface area contributed by atoms with Crippen molar-refractivity contribution in [2.75, 3.05) is 18.5 Å². The maximum atomic E-state index is 10.5. The maximum absolute atomic E-state index is 10.5. The van der Waals surface area contributed by atoms with Gasteiger partial charge in [0.15, 0.2) is 11.6 Å². The lowest BCUT2D eigenvalue weighted by Gasteiger charge is -2.09. The van der Waals surface area contributed by atoms with Gasteiger partial charge in [0.1, 0.15) is 0 Å². The van der Waals surface area contributed by atoms with Gasteiger partial charge < -0.3 is 15.8 Å². The fourth-order valence-electron chi connectivity index (χ4n) is 0.966. The number of carbonyl (C=O) groups excluding carboxylic acids is 1. The molecule has 1 heterocycles. The van der Waals surface area contributed by atoms with Crippen LogP contribution in [-0.4, -0.2) is 24.0 Å². The van der Waals surface area contributed by atoms with E-state index in [1.165, 1.54) is 0 Å². The Hall–Kier alpha value is -1.78. The summed E-state index contributed by atoms with van der Waals surface area (Å²) in [5, 5.41) is 2.79. The third kappa shape index (κ3) is 2.93. The minimum atomic E-state index is -0.432. The number of carbonyl (C=O) groups is 1. The van der Waals surface area contributed by atoms with Gasteiger partial charge in [-0.3, -0.25) is 4.79 Å². The predicted octanol–water partition coefficient (Wildman–Crippen LogP) is 0.377. The molecular formula is C9H13N3O2. The predicted molar refractivity (Wildman–Crippen MR) is 53.1 cm³/mol. The van der Waals surface area contributed by atoms with Crippen LogP contribution in [-0.2, 0) is 4.79 Å². The van der Waals surface area contributed by atoms with Crippen LogP contribution in [0.25, 0.3) is 0 Å². The van der Waals surface area contributed by atoms with Crippen molar-refractivity contribution < 1.29 is 9.53 Å². The van der Waals surface area contributed by atoms with Crippen molar-refractivity contribution in [3.05, 3.63) is 18.3 Å². The second kappa shape index (κ2) is 5.06. The van der Waals surface area contributed by atoms with Crippen LogP contribution >= 0.6 is 0 Å². The SMILES string of the molecule is CCOc1cccnc1NCC(N)=O. The van der Waals surface area contributed by atoms with Gasteiger partial charge in [0.05, 0.1) is 13.2 Å². The van der Waals surface area contributed by atoms with Gasteiger partial charge in [-0.2, -0.15) is 0 Å². The van der Waals surface area contributed by atoms with Gasteiger partial charge in [-0.1, -0.05) is 0 Å². The number of hydrogen-bond donors (Lipinski definition) is 2. The van der Waals surface area contributed by atoms with E-state index in [1.54, 1.807) is 18.3 Å². The van der Waals surface area contributed by atoms with Crippen LogP contribution in [0.15, 0.2) is 18.3 Å². The van der Waals surface area contributed by atoms with Crippen molar-refractivity contribution in [3.8, 4) is 5.75 Å². The van der Waals surface area contributed by atoms with E-state index in [0.29, 0.717) is 18.2 Å². The van der Waals surface area contributed by atoms with E-state index in [9.17, 15) is 4.79 Å². The Balaban J connectivity index is 2.68. The molecule has 0 saturated heterocycles. The summed E-state index contributed by atoms with van der Waals surface area (Å²) in [6, 6.07) is 3.54. The first-order chi connectivity index (χ1) is 6.74. The molecule has 1 aromatic rings. The molecule has 0 spiro atoms. The molecule has 1 aromatic heterocycles. The van der Waals surface area contributed by atoms with Gasteiger partial charge in [-0.05, 0) is 19.1 Å². The Morgan fingerprint density at radius 1 is 1.71 bits per heavy atom. The molecule has 0 aliphatic rings. The second-order valence-electron chi connectivity index (χ2n) is 2.60. The fraction of sp³-hybridized carbons (Fsp3) is 0.333. The van der Waals surface area contributed by atoms with Crippen molar-refractivity contribution in [1.29, 1.82) is 0 Å². The lowest BCUT2D eigenvalue weighted by Crippen LogP contribution is -2.22. The Morgan fingerprint density at radius 2 is 2.50 bits per heavy atom. The molecule has 0 bridgehead atoms. The number of nitrogens with zero attached hydrogens (tertiary/aromatic N) is 1. The number of nitrogens with one attached hydrogen (secondary N) is 1. The summed E-state index contributed by atoms with van der Waals surface area (Å²) in [5.74, 6) is 0.725. The Morgan fingerprint density at radius 3 is 3.14 bits per heavy atom. The molecule has 5 nitrogen and oxygen atoms in total. The number of primary amides is 1. The summed E-state index contributed by atoms with van der Waals surface area (Å²) < 4.78 is 5.29. The van der Waals surface area contributed by atoms with E-state index >= 15 is 0 Å². The summed E-state index contributed by atoms with van der Waals surface area (Å²) in [4.78, 5) is 14.6. The van der Waals surface area contributed by atoms with Gasteiger partial charge in [-0.15, -0.1) is 0 Å². The molecular weight excluding hydrogens is 182 g/mol. The number of aromatic nitrogens is 1. The highest BCUT2D eigenvalue weighted by molar-refractivity contribution is 5.78. The van der Waals surface area contributed by atoms with E-state index in [-0.39, 0.29) is 6.54 Å². The average molecular weight is 195 g/mol. The summed E-state index contributed by atoms with van der Waals surface area (Å²) in [6.45, 7) is 2.49. The number of anilines is 1. The highest BCUT2D eigenvalue weighted by atomic mass is 16.5. The normalized spacial score (nSPS) is 9.50. The molecule has 0 aliphatic heterocycles. The summed E-state index contributed by atoms with van der Waals surface area (Å²) in [6.07, 6.45) is 1.62. The molecule has 0 atom stereocenters. The molecule has 0 aromatic carbocycles. The van der Waals surface area contributed by atoms with Crippen LogP contribution in [0.3, 0.4) is 0 Å². The number of hydrogen-bond acceptors (Lipinski definition) is 4. The van der Waals surface area contributed by atoms with E-state index in [2.05, 4.69) is 10.3 Å². The first-order valence-corrected chi connectivity index (χ1v) is 4.34. The number of pyridine rings is 1. The van der Waals surface area contributed by atoms with Crippen LogP contribution in [0.2, 0.25) is 0 Å². The van der Waals surface area contributed by atoms with Gasteiger partial charge >= 0.3 is 0 Å². The van der Waals surface area contributed by atoms with Crippen LogP contribution in [0.5, 0.6) is 5.75 Å². The summed E-state index contributed by atoms with van der Waals surface area (Å²) in [5.41, 5.74) is 4.99. The Bertz CT molecular complexity index is 315.